The maximum absolute atomic E-state index is 8.42. The molecular weight excluding hydrogens is 305 g/mol. The minimum atomic E-state index is -1.75. The predicted molar refractivity (Wildman–Crippen MR) is 90.9 cm³/mol. The minimum absolute atomic E-state index is 0. The number of benzene rings is 1. The molecule has 1 atom stereocenters. The Hall–Kier alpha value is -1.29. The van der Waals surface area contributed by atoms with E-state index in [4.69, 9.17) is 5.48 Å². The van der Waals surface area contributed by atoms with E-state index in [0.717, 1.165) is 16.7 Å². The van der Waals surface area contributed by atoms with Gasteiger partial charge in [0.1, 0.15) is 5.82 Å². The van der Waals surface area contributed by atoms with Gasteiger partial charge in [0.15, 0.2) is 0 Å². The molecule has 1 saturated heterocycles. The first-order valence-corrected chi connectivity index (χ1v) is 6.46. The van der Waals surface area contributed by atoms with Crippen molar-refractivity contribution < 1.29 is 5.48 Å². The molecular formula is C16H19Cl2N3. The second-order valence-corrected chi connectivity index (χ2v) is 4.79. The lowest BCUT2D eigenvalue weighted by atomic mass is 9.96. The Morgan fingerprint density at radius 2 is 1.95 bits per heavy atom. The highest BCUT2D eigenvalue weighted by Gasteiger charge is 2.30. The minimum Gasteiger partial charge on any atom is -0.347 e. The number of nitrogens with zero attached hydrogens (tertiary/aromatic N) is 2. The lowest BCUT2D eigenvalue weighted by molar-refractivity contribution is 0.487. The van der Waals surface area contributed by atoms with Crippen molar-refractivity contribution in [2.45, 2.75) is 12.5 Å². The highest BCUT2D eigenvalue weighted by atomic mass is 35.5. The summed E-state index contributed by atoms with van der Waals surface area (Å²) in [5, 5.41) is 2.74. The summed E-state index contributed by atoms with van der Waals surface area (Å²) in [5.74, 6) is 0.532. The van der Waals surface area contributed by atoms with Crippen LogP contribution in [0.3, 0.4) is 0 Å². The van der Waals surface area contributed by atoms with Gasteiger partial charge in [0.25, 0.3) is 0 Å². The highest BCUT2D eigenvalue weighted by molar-refractivity contribution is 5.85. The smallest absolute Gasteiger partial charge is 0.132 e. The zero-order valence-electron chi connectivity index (χ0n) is 15.2. The zero-order valence-corrected chi connectivity index (χ0v) is 12.9. The third kappa shape index (κ3) is 2.73. The zero-order chi connectivity index (χ0) is 16.2. The first-order valence-electron chi connectivity index (χ1n) is 8.46. The number of nitrogens with one attached hydrogen (secondary N) is 1. The van der Waals surface area contributed by atoms with Gasteiger partial charge >= 0.3 is 0 Å². The summed E-state index contributed by atoms with van der Waals surface area (Å²) in [6.45, 7) is -3.56. The van der Waals surface area contributed by atoms with Crippen molar-refractivity contribution in [1.82, 2.24) is 10.3 Å². The average molecular weight is 328 g/mol. The molecule has 4 rings (SSSR count). The van der Waals surface area contributed by atoms with E-state index in [1.54, 1.807) is 6.20 Å². The molecule has 1 aromatic heterocycles. The van der Waals surface area contributed by atoms with E-state index >= 15 is 0 Å². The van der Waals surface area contributed by atoms with E-state index in [9.17, 15) is 0 Å². The van der Waals surface area contributed by atoms with Crippen LogP contribution < -0.4 is 10.2 Å². The Kier molecular flexibility index (Phi) is 3.58. The van der Waals surface area contributed by atoms with E-state index in [2.05, 4.69) is 10.3 Å². The van der Waals surface area contributed by atoms with Crippen LogP contribution in [0.5, 0.6) is 0 Å². The van der Waals surface area contributed by atoms with Gasteiger partial charge in [0, 0.05) is 34.9 Å². The Balaban J connectivity index is 0.00000113. The fourth-order valence-electron chi connectivity index (χ4n) is 2.79. The number of aromatic nitrogens is 1. The maximum atomic E-state index is 8.42. The second-order valence-electron chi connectivity index (χ2n) is 4.79. The standard InChI is InChI=1S/C16H17N3.2ClH/c1-2-6-14-12(4-1)10-13-5-3-7-18-16(13)19-9-8-17-11-15(14)19;;/h1-7,15,17H,8-11H2;2*1H/i9D2,11D2;;. The summed E-state index contributed by atoms with van der Waals surface area (Å²) >= 11 is 0. The van der Waals surface area contributed by atoms with Gasteiger partial charge < -0.3 is 10.2 Å². The van der Waals surface area contributed by atoms with E-state index in [-0.39, 0.29) is 31.4 Å². The fourth-order valence-corrected chi connectivity index (χ4v) is 2.79. The Labute approximate surface area is 143 Å². The largest absolute Gasteiger partial charge is 0.347 e. The molecule has 0 aliphatic carbocycles. The molecule has 0 spiro atoms. The van der Waals surface area contributed by atoms with Crippen LogP contribution in [-0.4, -0.2) is 24.5 Å². The normalized spacial score (nSPS) is 26.7. The average Bonchev–Trinajstić information content (AvgIpc) is 2.67. The molecule has 2 aliphatic rings. The van der Waals surface area contributed by atoms with Crippen molar-refractivity contribution in [2.24, 2.45) is 0 Å². The van der Waals surface area contributed by atoms with E-state index < -0.39 is 19.0 Å². The Bertz CT molecular complexity index is 709. The molecule has 112 valence electrons. The molecule has 1 aromatic carbocycles. The topological polar surface area (TPSA) is 28.2 Å². The Morgan fingerprint density at radius 3 is 2.86 bits per heavy atom. The summed E-state index contributed by atoms with van der Waals surface area (Å²) in [6.07, 6.45) is 2.26. The molecule has 1 N–H and O–H groups in total. The number of hydrogen-bond acceptors (Lipinski definition) is 3. The summed E-state index contributed by atoms with van der Waals surface area (Å²) in [5.41, 5.74) is 2.74. The maximum Gasteiger partial charge on any atom is 0.132 e. The van der Waals surface area contributed by atoms with Crippen molar-refractivity contribution >= 4 is 30.6 Å². The molecule has 3 nitrogen and oxygen atoms in total. The number of anilines is 1. The van der Waals surface area contributed by atoms with Gasteiger partial charge in [0.05, 0.1) is 8.78 Å². The monoisotopic (exact) mass is 327 g/mol. The van der Waals surface area contributed by atoms with Gasteiger partial charge in [0.2, 0.25) is 0 Å². The molecule has 1 unspecified atom stereocenters. The molecule has 0 radical (unpaired) electrons. The van der Waals surface area contributed by atoms with Crippen LogP contribution in [0.2, 0.25) is 0 Å². The molecule has 1 fully saturated rings. The molecule has 0 saturated carbocycles. The van der Waals surface area contributed by atoms with Gasteiger partial charge in [-0.05, 0) is 22.8 Å². The molecule has 2 aliphatic heterocycles. The van der Waals surface area contributed by atoms with Crippen LogP contribution in [0.25, 0.3) is 0 Å². The highest BCUT2D eigenvalue weighted by Crippen LogP contribution is 2.36. The van der Waals surface area contributed by atoms with Crippen molar-refractivity contribution in [1.29, 1.82) is 0 Å². The van der Waals surface area contributed by atoms with Crippen LogP contribution in [0.1, 0.15) is 28.2 Å². The van der Waals surface area contributed by atoms with Crippen molar-refractivity contribution in [2.75, 3.05) is 24.4 Å². The lowest BCUT2D eigenvalue weighted by Crippen LogP contribution is -2.46. The first-order chi connectivity index (χ1) is 10.9. The van der Waals surface area contributed by atoms with Crippen LogP contribution >= 0.6 is 24.8 Å². The van der Waals surface area contributed by atoms with Gasteiger partial charge in [-0.2, -0.15) is 0 Å². The fraction of sp³-hybridized carbons (Fsp3) is 0.312. The molecule has 3 heterocycles. The molecule has 21 heavy (non-hydrogen) atoms. The molecule has 0 amide bonds. The van der Waals surface area contributed by atoms with E-state index in [0.29, 0.717) is 12.2 Å². The van der Waals surface area contributed by atoms with Crippen LogP contribution in [0.15, 0.2) is 42.6 Å². The number of piperazine rings is 1. The summed E-state index contributed by atoms with van der Waals surface area (Å²) in [6, 6.07) is 10.7. The van der Waals surface area contributed by atoms with E-state index in [1.807, 2.05) is 36.4 Å². The van der Waals surface area contributed by atoms with Crippen molar-refractivity contribution in [3.8, 4) is 0 Å². The van der Waals surface area contributed by atoms with Crippen LogP contribution in [0, 0.1) is 0 Å². The molecule has 0 bridgehead atoms. The lowest BCUT2D eigenvalue weighted by Gasteiger charge is -2.37. The molecule has 5 heteroatoms. The summed E-state index contributed by atoms with van der Waals surface area (Å²) in [7, 11) is 0. The second kappa shape index (κ2) is 6.65. The number of fused-ring (bicyclic) bond motifs is 5. The predicted octanol–water partition coefficient (Wildman–Crippen LogP) is 2.98. The Morgan fingerprint density at radius 1 is 1.14 bits per heavy atom. The number of rotatable bonds is 0. The van der Waals surface area contributed by atoms with Crippen LogP contribution in [-0.2, 0) is 6.42 Å². The first kappa shape index (κ1) is 11.3. The summed E-state index contributed by atoms with van der Waals surface area (Å²) in [4.78, 5) is 5.92. The number of hydrogen-bond donors (Lipinski definition) is 1. The van der Waals surface area contributed by atoms with Gasteiger partial charge in [-0.15, -0.1) is 24.8 Å². The van der Waals surface area contributed by atoms with Gasteiger partial charge in [-0.1, -0.05) is 30.3 Å². The SMILES string of the molecule is Cl.Cl.[2H]C1([2H])NCC([2H])([2H])N2c3ncccc3Cc3ccccc3C21. The van der Waals surface area contributed by atoms with Crippen molar-refractivity contribution in [3.63, 3.8) is 0 Å². The number of pyridine rings is 1. The van der Waals surface area contributed by atoms with Gasteiger partial charge in [-0.3, -0.25) is 0 Å². The quantitative estimate of drug-likeness (QED) is 0.806. The number of halogens is 2. The third-order valence-corrected chi connectivity index (χ3v) is 3.66. The summed E-state index contributed by atoms with van der Waals surface area (Å²) < 4.78 is 33.7. The van der Waals surface area contributed by atoms with Crippen LogP contribution in [0.4, 0.5) is 5.82 Å². The van der Waals surface area contributed by atoms with Gasteiger partial charge in [-0.25, -0.2) is 4.98 Å². The van der Waals surface area contributed by atoms with E-state index in [1.165, 1.54) is 4.90 Å². The third-order valence-electron chi connectivity index (χ3n) is 3.66. The van der Waals surface area contributed by atoms with Crippen molar-refractivity contribution in [3.05, 3.63) is 59.3 Å². The molecule has 2 aromatic rings.